The minimum atomic E-state index is -0.171. The second kappa shape index (κ2) is 7.98. The Morgan fingerprint density at radius 1 is 1.07 bits per heavy atom. The van der Waals surface area contributed by atoms with Gasteiger partial charge in [0.05, 0.1) is 0 Å². The summed E-state index contributed by atoms with van der Waals surface area (Å²) in [6.45, 7) is 2.84. The van der Waals surface area contributed by atoms with E-state index >= 15 is 0 Å². The van der Waals surface area contributed by atoms with Crippen molar-refractivity contribution in [3.63, 3.8) is 0 Å². The van der Waals surface area contributed by atoms with Crippen molar-refractivity contribution in [1.82, 2.24) is 10.6 Å². The molecule has 0 radical (unpaired) electrons. The molecule has 2 saturated heterocycles. The van der Waals surface area contributed by atoms with Crippen molar-refractivity contribution < 1.29 is 9.57 Å². The van der Waals surface area contributed by atoms with Gasteiger partial charge in [0.15, 0.2) is 5.72 Å². The number of hydrogen-bond acceptors (Lipinski definition) is 6. The largest absolute Gasteiger partial charge is 0.381 e. The van der Waals surface area contributed by atoms with Crippen molar-refractivity contribution >= 4 is 38.8 Å². The molecule has 1 spiro atoms. The molecule has 1 atom stereocenters. The number of fused-ring (bicyclic) bond motifs is 3. The van der Waals surface area contributed by atoms with Gasteiger partial charge in [-0.15, -0.1) is 23.7 Å². The average Bonchev–Trinajstić information content (AvgIpc) is 3.32. The van der Waals surface area contributed by atoms with Gasteiger partial charge in [-0.1, -0.05) is 23.8 Å². The van der Waals surface area contributed by atoms with Crippen LogP contribution in [0.3, 0.4) is 0 Å². The minimum Gasteiger partial charge on any atom is -0.381 e. The van der Waals surface area contributed by atoms with E-state index in [-0.39, 0.29) is 18.1 Å². The van der Waals surface area contributed by atoms with Crippen LogP contribution in [0.2, 0.25) is 0 Å². The van der Waals surface area contributed by atoms with E-state index in [1.54, 1.807) is 0 Å². The van der Waals surface area contributed by atoms with Crippen LogP contribution < -0.4 is 10.7 Å². The maximum atomic E-state index is 6.51. The SMILES string of the molecule is Cl.c1ccc2sc(N3NOC4(CC5CCC4CC5)N3CC3CCOCC3)cc2c1. The Labute approximate surface area is 182 Å². The van der Waals surface area contributed by atoms with Crippen molar-refractivity contribution in [3.8, 4) is 0 Å². The molecule has 1 unspecified atom stereocenters. The van der Waals surface area contributed by atoms with Crippen molar-refractivity contribution in [2.75, 3.05) is 24.9 Å². The van der Waals surface area contributed by atoms with E-state index in [9.17, 15) is 0 Å². The summed E-state index contributed by atoms with van der Waals surface area (Å²) in [6, 6.07) is 11.0. The van der Waals surface area contributed by atoms with Crippen LogP contribution in [0.25, 0.3) is 10.1 Å². The molecule has 2 bridgehead atoms. The van der Waals surface area contributed by atoms with Gasteiger partial charge in [-0.3, -0.25) is 4.84 Å². The summed E-state index contributed by atoms with van der Waals surface area (Å²) in [4.78, 5) is 6.51. The summed E-state index contributed by atoms with van der Waals surface area (Å²) in [5.74, 6) is 2.11. The molecule has 1 aromatic heterocycles. The van der Waals surface area contributed by atoms with E-state index in [0.717, 1.165) is 44.9 Å². The number of ether oxygens (including phenoxy) is 1. The van der Waals surface area contributed by atoms with Gasteiger partial charge in [0, 0.05) is 30.4 Å². The minimum absolute atomic E-state index is 0. The maximum Gasteiger partial charge on any atom is 0.165 e. The highest BCUT2D eigenvalue weighted by atomic mass is 35.5. The maximum absolute atomic E-state index is 6.51. The topological polar surface area (TPSA) is 37.0 Å². The van der Waals surface area contributed by atoms with Gasteiger partial charge in [-0.05, 0) is 74.3 Å². The number of thiophene rings is 1. The van der Waals surface area contributed by atoms with E-state index in [2.05, 4.69) is 46.0 Å². The first-order chi connectivity index (χ1) is 13.8. The average molecular weight is 436 g/mol. The molecule has 3 saturated carbocycles. The Balaban J connectivity index is 0.00000181. The zero-order valence-corrected chi connectivity index (χ0v) is 18.4. The van der Waals surface area contributed by atoms with Crippen LogP contribution in [0, 0.1) is 17.8 Å². The molecule has 1 aromatic carbocycles. The molecular weight excluding hydrogens is 406 g/mol. The standard InChI is InChI=1S/C22H29N3O2S.ClH/c1-2-4-20-18(3-1)13-21(28-20)25-23-27-22(14-16-5-7-19(22)8-6-16)24(25)15-17-9-11-26-12-10-17;/h1-4,13,16-17,19,23H,5-12,14-15H2;1H. The lowest BCUT2D eigenvalue weighted by atomic mass is 9.65. The number of anilines is 1. The Kier molecular flexibility index (Phi) is 5.52. The second-order valence-corrected chi connectivity index (χ2v) is 10.1. The van der Waals surface area contributed by atoms with Crippen molar-refractivity contribution in [2.24, 2.45) is 17.8 Å². The first-order valence-electron chi connectivity index (χ1n) is 10.9. The van der Waals surface area contributed by atoms with Crippen molar-refractivity contribution in [1.29, 1.82) is 0 Å². The van der Waals surface area contributed by atoms with Crippen LogP contribution in [0.4, 0.5) is 5.00 Å². The highest BCUT2D eigenvalue weighted by Crippen LogP contribution is 2.53. The molecule has 3 heterocycles. The molecule has 5 fully saturated rings. The van der Waals surface area contributed by atoms with Crippen molar-refractivity contribution in [2.45, 2.75) is 50.7 Å². The third-order valence-corrected chi connectivity index (χ3v) is 8.54. The lowest BCUT2D eigenvalue weighted by molar-refractivity contribution is -0.202. The zero-order chi connectivity index (χ0) is 18.6. The second-order valence-electron chi connectivity index (χ2n) is 9.03. The molecule has 2 aromatic rings. The molecular formula is C22H30ClN3O2S. The smallest absolute Gasteiger partial charge is 0.165 e. The van der Waals surface area contributed by atoms with E-state index in [0.29, 0.717) is 11.8 Å². The van der Waals surface area contributed by atoms with E-state index in [1.807, 2.05) is 11.3 Å². The summed E-state index contributed by atoms with van der Waals surface area (Å²) in [7, 11) is 0. The Hall–Kier alpha value is -0.890. The third-order valence-electron chi connectivity index (χ3n) is 7.45. The summed E-state index contributed by atoms with van der Waals surface area (Å²) < 4.78 is 6.95. The van der Waals surface area contributed by atoms with E-state index in [4.69, 9.17) is 9.57 Å². The number of benzene rings is 1. The lowest BCUT2D eigenvalue weighted by Gasteiger charge is -2.52. The van der Waals surface area contributed by atoms with Gasteiger partial charge in [-0.2, -0.15) is 5.01 Å². The zero-order valence-electron chi connectivity index (χ0n) is 16.7. The van der Waals surface area contributed by atoms with Gasteiger partial charge in [-0.25, -0.2) is 5.12 Å². The van der Waals surface area contributed by atoms with Gasteiger partial charge in [0.1, 0.15) is 5.00 Å². The lowest BCUT2D eigenvalue weighted by Crippen LogP contribution is -2.61. The fraction of sp³-hybridized carbons (Fsp3) is 0.636. The fourth-order valence-electron chi connectivity index (χ4n) is 5.88. The van der Waals surface area contributed by atoms with Gasteiger partial charge in [0.2, 0.25) is 0 Å². The summed E-state index contributed by atoms with van der Waals surface area (Å²) >= 11 is 1.84. The number of nitrogens with one attached hydrogen (secondary N) is 1. The van der Waals surface area contributed by atoms with E-state index in [1.165, 1.54) is 40.8 Å². The Morgan fingerprint density at radius 2 is 1.86 bits per heavy atom. The van der Waals surface area contributed by atoms with Crippen LogP contribution in [-0.4, -0.2) is 30.5 Å². The molecule has 0 amide bonds. The van der Waals surface area contributed by atoms with Gasteiger partial charge in [0.25, 0.3) is 0 Å². The highest BCUT2D eigenvalue weighted by molar-refractivity contribution is 7.22. The fourth-order valence-corrected chi connectivity index (χ4v) is 6.90. The number of halogens is 1. The molecule has 7 rings (SSSR count). The molecule has 2 aliphatic heterocycles. The highest BCUT2D eigenvalue weighted by Gasteiger charge is 2.58. The quantitative estimate of drug-likeness (QED) is 0.723. The number of rotatable bonds is 3. The van der Waals surface area contributed by atoms with Gasteiger partial charge >= 0.3 is 0 Å². The van der Waals surface area contributed by atoms with Crippen LogP contribution in [-0.2, 0) is 9.57 Å². The number of nitrogens with zero attached hydrogens (tertiary/aromatic N) is 2. The van der Waals surface area contributed by atoms with Crippen molar-refractivity contribution in [3.05, 3.63) is 30.3 Å². The van der Waals surface area contributed by atoms with Crippen LogP contribution in [0.5, 0.6) is 0 Å². The normalized spacial score (nSPS) is 32.9. The predicted octanol–water partition coefficient (Wildman–Crippen LogP) is 5.13. The van der Waals surface area contributed by atoms with Crippen LogP contribution in [0.1, 0.15) is 44.9 Å². The summed E-state index contributed by atoms with van der Waals surface area (Å²) in [5.41, 5.74) is 3.19. The summed E-state index contributed by atoms with van der Waals surface area (Å²) in [6.07, 6.45) is 8.83. The number of hydrogen-bond donors (Lipinski definition) is 1. The monoisotopic (exact) mass is 435 g/mol. The first-order valence-corrected chi connectivity index (χ1v) is 11.7. The first kappa shape index (κ1) is 20.0. The Bertz CT molecular complexity index is 816. The predicted molar refractivity (Wildman–Crippen MR) is 119 cm³/mol. The van der Waals surface area contributed by atoms with Crippen LogP contribution in [0.15, 0.2) is 30.3 Å². The van der Waals surface area contributed by atoms with Gasteiger partial charge < -0.3 is 4.74 Å². The summed E-state index contributed by atoms with van der Waals surface area (Å²) in [5, 5.41) is 7.35. The Morgan fingerprint density at radius 3 is 2.59 bits per heavy atom. The molecule has 5 aliphatic rings. The molecule has 5 nitrogen and oxygen atoms in total. The third kappa shape index (κ3) is 3.38. The van der Waals surface area contributed by atoms with E-state index < -0.39 is 0 Å². The number of hydrazine groups is 2. The molecule has 158 valence electrons. The molecule has 3 aliphatic carbocycles. The molecule has 7 heteroatoms. The van der Waals surface area contributed by atoms with Crippen LogP contribution >= 0.6 is 23.7 Å². The molecule has 29 heavy (non-hydrogen) atoms. The molecule has 1 N–H and O–H groups in total.